The number of rotatable bonds is 3. The number of hydrogen-bond donors (Lipinski definition) is 0. The molecule has 0 aromatic heterocycles. The second-order valence-electron chi connectivity index (χ2n) is 2.77. The molecule has 0 unspecified atom stereocenters. The lowest BCUT2D eigenvalue weighted by Crippen LogP contribution is -1.92. The van der Waals surface area contributed by atoms with Crippen LogP contribution in [0.2, 0.25) is 0 Å². The Labute approximate surface area is 64.0 Å². The average molecular weight is 136 g/mol. The van der Waals surface area contributed by atoms with Gasteiger partial charge in [0.25, 0.3) is 0 Å². The summed E-state index contributed by atoms with van der Waals surface area (Å²) in [7, 11) is 0. The van der Waals surface area contributed by atoms with Crippen LogP contribution < -0.4 is 0 Å². The highest BCUT2D eigenvalue weighted by molar-refractivity contribution is 5.30. The summed E-state index contributed by atoms with van der Waals surface area (Å²) in [6.07, 6.45) is 3.78. The van der Waals surface area contributed by atoms with E-state index in [4.69, 9.17) is 0 Å². The van der Waals surface area contributed by atoms with Gasteiger partial charge in [-0.15, -0.1) is 0 Å². The fourth-order valence-electron chi connectivity index (χ4n) is 0.739. The second kappa shape index (κ2) is 4.10. The molecular formula is C10H16. The smallest absolute Gasteiger partial charge is 0.0222 e. The van der Waals surface area contributed by atoms with Crippen LogP contribution in [0.1, 0.15) is 20.8 Å². The van der Waals surface area contributed by atoms with Gasteiger partial charge in [0.1, 0.15) is 0 Å². The fraction of sp³-hybridized carbons (Fsp3) is 0.400. The van der Waals surface area contributed by atoms with Crippen LogP contribution in [0.4, 0.5) is 0 Å². The van der Waals surface area contributed by atoms with E-state index in [-0.39, 0.29) is 0 Å². The Kier molecular flexibility index (Phi) is 3.78. The molecule has 0 atom stereocenters. The van der Waals surface area contributed by atoms with Crippen molar-refractivity contribution in [2.24, 2.45) is 5.92 Å². The van der Waals surface area contributed by atoms with Gasteiger partial charge in [-0.1, -0.05) is 39.2 Å². The summed E-state index contributed by atoms with van der Waals surface area (Å²) in [5, 5.41) is 0. The van der Waals surface area contributed by atoms with E-state index in [0.29, 0.717) is 5.92 Å². The highest BCUT2D eigenvalue weighted by Gasteiger charge is 1.99. The molecule has 0 saturated heterocycles. The number of allylic oxidation sites excluding steroid dienone is 4. The molecule has 0 aliphatic heterocycles. The molecule has 0 radical (unpaired) electrons. The summed E-state index contributed by atoms with van der Waals surface area (Å²) >= 11 is 0. The van der Waals surface area contributed by atoms with Gasteiger partial charge in [0, 0.05) is 0 Å². The summed E-state index contributed by atoms with van der Waals surface area (Å²) < 4.78 is 0. The van der Waals surface area contributed by atoms with Crippen LogP contribution in [0.5, 0.6) is 0 Å². The summed E-state index contributed by atoms with van der Waals surface area (Å²) in [5.41, 5.74) is 2.42. The van der Waals surface area contributed by atoms with E-state index in [1.807, 2.05) is 6.08 Å². The molecule has 0 saturated carbocycles. The van der Waals surface area contributed by atoms with Gasteiger partial charge in [-0.3, -0.25) is 0 Å². The Morgan fingerprint density at radius 3 is 2.20 bits per heavy atom. The normalized spacial score (nSPS) is 11.8. The van der Waals surface area contributed by atoms with Crippen molar-refractivity contribution in [3.05, 3.63) is 36.5 Å². The zero-order chi connectivity index (χ0) is 8.15. The van der Waals surface area contributed by atoms with Crippen molar-refractivity contribution >= 4 is 0 Å². The van der Waals surface area contributed by atoms with E-state index in [1.54, 1.807) is 6.08 Å². The molecule has 10 heavy (non-hydrogen) atoms. The molecule has 0 aromatic carbocycles. The van der Waals surface area contributed by atoms with Gasteiger partial charge in [0.2, 0.25) is 0 Å². The Morgan fingerprint density at radius 1 is 1.40 bits per heavy atom. The summed E-state index contributed by atoms with van der Waals surface area (Å²) in [6, 6.07) is 0. The highest BCUT2D eigenvalue weighted by Crippen LogP contribution is 2.15. The van der Waals surface area contributed by atoms with Gasteiger partial charge < -0.3 is 0 Å². The molecule has 0 aliphatic carbocycles. The SMILES string of the molecule is C=C/C=C(/C)C(=C)C(C)C. The molecule has 0 rings (SSSR count). The molecule has 0 aliphatic rings. The summed E-state index contributed by atoms with van der Waals surface area (Å²) in [6.45, 7) is 13.9. The number of hydrogen-bond acceptors (Lipinski definition) is 0. The van der Waals surface area contributed by atoms with Crippen molar-refractivity contribution in [2.75, 3.05) is 0 Å². The van der Waals surface area contributed by atoms with Gasteiger partial charge in [-0.25, -0.2) is 0 Å². The largest absolute Gasteiger partial charge is 0.0991 e. The van der Waals surface area contributed by atoms with Crippen molar-refractivity contribution in [1.29, 1.82) is 0 Å². The lowest BCUT2D eigenvalue weighted by atomic mass is 9.98. The predicted molar refractivity (Wildman–Crippen MR) is 47.9 cm³/mol. The molecule has 0 N–H and O–H groups in total. The Balaban J connectivity index is 4.21. The molecule has 0 spiro atoms. The molecular weight excluding hydrogens is 120 g/mol. The molecule has 0 nitrogen and oxygen atoms in total. The minimum Gasteiger partial charge on any atom is -0.0991 e. The zero-order valence-electron chi connectivity index (χ0n) is 7.15. The molecule has 0 aromatic rings. The van der Waals surface area contributed by atoms with E-state index in [1.165, 1.54) is 11.1 Å². The third kappa shape index (κ3) is 2.67. The van der Waals surface area contributed by atoms with Crippen LogP contribution in [-0.4, -0.2) is 0 Å². The van der Waals surface area contributed by atoms with E-state index < -0.39 is 0 Å². The topological polar surface area (TPSA) is 0 Å². The molecule has 56 valence electrons. The van der Waals surface area contributed by atoms with E-state index >= 15 is 0 Å². The van der Waals surface area contributed by atoms with Crippen LogP contribution in [0.3, 0.4) is 0 Å². The van der Waals surface area contributed by atoms with E-state index in [2.05, 4.69) is 33.9 Å². The average Bonchev–Trinajstić information content (AvgIpc) is 1.87. The third-order valence-corrected chi connectivity index (χ3v) is 1.57. The summed E-state index contributed by atoms with van der Waals surface area (Å²) in [4.78, 5) is 0. The minimum atomic E-state index is 0.538. The predicted octanol–water partition coefficient (Wildman–Crippen LogP) is 3.33. The quantitative estimate of drug-likeness (QED) is 0.522. The van der Waals surface area contributed by atoms with Gasteiger partial charge in [-0.05, 0) is 24.0 Å². The van der Waals surface area contributed by atoms with Crippen LogP contribution in [0.25, 0.3) is 0 Å². The van der Waals surface area contributed by atoms with Crippen molar-refractivity contribution < 1.29 is 0 Å². The maximum Gasteiger partial charge on any atom is -0.0222 e. The van der Waals surface area contributed by atoms with Crippen molar-refractivity contribution in [3.8, 4) is 0 Å². The molecule has 0 fully saturated rings. The first-order valence-corrected chi connectivity index (χ1v) is 3.58. The monoisotopic (exact) mass is 136 g/mol. The summed E-state index contributed by atoms with van der Waals surface area (Å²) in [5.74, 6) is 0.538. The standard InChI is InChI=1S/C10H16/c1-6-7-9(4)10(5)8(2)3/h6-8H,1,5H2,2-4H3/b9-7-. The van der Waals surface area contributed by atoms with Crippen LogP contribution in [-0.2, 0) is 0 Å². The molecule has 0 heterocycles. The maximum atomic E-state index is 3.96. The Bertz CT molecular complexity index is 159. The van der Waals surface area contributed by atoms with Crippen LogP contribution in [0.15, 0.2) is 36.5 Å². The highest BCUT2D eigenvalue weighted by atomic mass is 14.0. The first-order chi connectivity index (χ1) is 4.59. The van der Waals surface area contributed by atoms with E-state index in [0.717, 1.165) is 0 Å². The van der Waals surface area contributed by atoms with Gasteiger partial charge in [-0.2, -0.15) is 0 Å². The first kappa shape index (κ1) is 9.22. The second-order valence-corrected chi connectivity index (χ2v) is 2.77. The van der Waals surface area contributed by atoms with Gasteiger partial charge in [0.15, 0.2) is 0 Å². The van der Waals surface area contributed by atoms with Crippen molar-refractivity contribution in [3.63, 3.8) is 0 Å². The Hall–Kier alpha value is -0.780. The Morgan fingerprint density at radius 2 is 1.90 bits per heavy atom. The maximum absolute atomic E-state index is 3.96. The molecule has 0 heteroatoms. The van der Waals surface area contributed by atoms with Crippen molar-refractivity contribution in [1.82, 2.24) is 0 Å². The lowest BCUT2D eigenvalue weighted by molar-refractivity contribution is 0.781. The van der Waals surface area contributed by atoms with Crippen LogP contribution in [0, 0.1) is 5.92 Å². The van der Waals surface area contributed by atoms with Crippen LogP contribution >= 0.6 is 0 Å². The fourth-order valence-corrected chi connectivity index (χ4v) is 0.739. The minimum absolute atomic E-state index is 0.538. The zero-order valence-corrected chi connectivity index (χ0v) is 7.15. The van der Waals surface area contributed by atoms with E-state index in [9.17, 15) is 0 Å². The molecule has 0 bridgehead atoms. The lowest BCUT2D eigenvalue weighted by Gasteiger charge is -2.08. The van der Waals surface area contributed by atoms with Gasteiger partial charge >= 0.3 is 0 Å². The van der Waals surface area contributed by atoms with Gasteiger partial charge in [0.05, 0.1) is 0 Å². The molecule has 0 amide bonds. The van der Waals surface area contributed by atoms with Crippen molar-refractivity contribution in [2.45, 2.75) is 20.8 Å². The first-order valence-electron chi connectivity index (χ1n) is 3.58. The third-order valence-electron chi connectivity index (χ3n) is 1.57.